The Labute approximate surface area is 111 Å². The second-order valence-corrected chi connectivity index (χ2v) is 5.61. The Morgan fingerprint density at radius 2 is 1.74 bits per heavy atom. The number of rotatable bonds is 1. The highest BCUT2D eigenvalue weighted by atomic mass is 19.4. The number of piperidine rings is 2. The fourth-order valence-electron chi connectivity index (χ4n) is 3.15. The molecule has 6 heteroatoms. The van der Waals surface area contributed by atoms with Gasteiger partial charge in [0, 0.05) is 32.6 Å². The van der Waals surface area contributed by atoms with E-state index in [2.05, 4.69) is 0 Å². The molecule has 0 aromatic carbocycles. The number of nitrogens with zero attached hydrogens (tertiary/aromatic N) is 2. The minimum absolute atomic E-state index is 0.0604. The summed E-state index contributed by atoms with van der Waals surface area (Å²) in [6.45, 7) is 3.78. The molecule has 0 saturated carbocycles. The summed E-state index contributed by atoms with van der Waals surface area (Å²) in [5.74, 6) is -1.11. The van der Waals surface area contributed by atoms with Gasteiger partial charge in [-0.05, 0) is 32.2 Å². The summed E-state index contributed by atoms with van der Waals surface area (Å²) in [6, 6.07) is 0.209. The van der Waals surface area contributed by atoms with Gasteiger partial charge >= 0.3 is 6.18 Å². The van der Waals surface area contributed by atoms with Crippen LogP contribution in [0.5, 0.6) is 0 Å². The van der Waals surface area contributed by atoms with E-state index in [1.165, 1.54) is 0 Å². The summed E-state index contributed by atoms with van der Waals surface area (Å²) >= 11 is 0. The summed E-state index contributed by atoms with van der Waals surface area (Å²) < 4.78 is 38.3. The smallest absolute Gasteiger partial charge is 0.343 e. The van der Waals surface area contributed by atoms with Crippen molar-refractivity contribution >= 4 is 5.91 Å². The first-order chi connectivity index (χ1) is 8.88. The molecule has 0 N–H and O–H groups in total. The molecule has 0 spiro atoms. The number of likely N-dealkylation sites (tertiary alicyclic amines) is 2. The lowest BCUT2D eigenvalue weighted by molar-refractivity contribution is -0.189. The third-order valence-corrected chi connectivity index (χ3v) is 4.34. The predicted molar refractivity (Wildman–Crippen MR) is 65.6 cm³/mol. The maximum atomic E-state index is 12.8. The van der Waals surface area contributed by atoms with Gasteiger partial charge in [-0.15, -0.1) is 0 Å². The fourth-order valence-corrected chi connectivity index (χ4v) is 3.15. The van der Waals surface area contributed by atoms with E-state index in [0.29, 0.717) is 19.5 Å². The van der Waals surface area contributed by atoms with Crippen LogP contribution in [-0.4, -0.2) is 54.1 Å². The number of hydrogen-bond acceptors (Lipinski definition) is 2. The molecule has 1 unspecified atom stereocenters. The van der Waals surface area contributed by atoms with Crippen LogP contribution < -0.4 is 0 Å². The van der Waals surface area contributed by atoms with Gasteiger partial charge in [0.05, 0.1) is 5.92 Å². The van der Waals surface area contributed by atoms with E-state index < -0.39 is 12.1 Å². The largest absolute Gasteiger partial charge is 0.393 e. The van der Waals surface area contributed by atoms with Gasteiger partial charge < -0.3 is 4.90 Å². The Bertz CT molecular complexity index is 324. The molecule has 0 bridgehead atoms. The molecule has 2 rings (SSSR count). The monoisotopic (exact) mass is 278 g/mol. The van der Waals surface area contributed by atoms with Crippen molar-refractivity contribution in [3.05, 3.63) is 0 Å². The maximum absolute atomic E-state index is 12.8. The van der Waals surface area contributed by atoms with Gasteiger partial charge in [-0.2, -0.15) is 13.2 Å². The molecule has 110 valence electrons. The van der Waals surface area contributed by atoms with Gasteiger partial charge in [-0.25, -0.2) is 0 Å². The highest BCUT2D eigenvalue weighted by molar-refractivity contribution is 5.73. The second-order valence-electron chi connectivity index (χ2n) is 5.61. The van der Waals surface area contributed by atoms with Crippen molar-refractivity contribution in [2.75, 3.05) is 26.2 Å². The molecule has 1 atom stereocenters. The molecule has 2 saturated heterocycles. The molecule has 19 heavy (non-hydrogen) atoms. The third-order valence-electron chi connectivity index (χ3n) is 4.34. The summed E-state index contributed by atoms with van der Waals surface area (Å²) in [5.41, 5.74) is 0. The van der Waals surface area contributed by atoms with Crippen LogP contribution in [0.2, 0.25) is 0 Å². The van der Waals surface area contributed by atoms with E-state index in [1.54, 1.807) is 11.8 Å². The van der Waals surface area contributed by atoms with Crippen LogP contribution in [0.1, 0.15) is 32.6 Å². The molecule has 0 aromatic rings. The average Bonchev–Trinajstić information content (AvgIpc) is 2.38. The van der Waals surface area contributed by atoms with Crippen LogP contribution in [0.4, 0.5) is 13.2 Å². The van der Waals surface area contributed by atoms with Crippen molar-refractivity contribution in [3.63, 3.8) is 0 Å². The topological polar surface area (TPSA) is 23.6 Å². The maximum Gasteiger partial charge on any atom is 0.393 e. The van der Waals surface area contributed by atoms with Crippen LogP contribution in [0.3, 0.4) is 0 Å². The normalized spacial score (nSPS) is 27.6. The van der Waals surface area contributed by atoms with Gasteiger partial charge in [-0.3, -0.25) is 9.69 Å². The molecule has 0 radical (unpaired) electrons. The Balaban J connectivity index is 1.87. The van der Waals surface area contributed by atoms with Gasteiger partial charge in [-0.1, -0.05) is 0 Å². The highest BCUT2D eigenvalue weighted by Crippen LogP contribution is 2.34. The van der Waals surface area contributed by atoms with Gasteiger partial charge in [0.15, 0.2) is 0 Å². The molecule has 2 heterocycles. The SMILES string of the molecule is CC(=O)N1CCC(N2CCCC(C(F)(F)F)C2)CC1. The molecule has 2 aliphatic heterocycles. The third kappa shape index (κ3) is 3.61. The Kier molecular flexibility index (Phi) is 4.38. The van der Waals surface area contributed by atoms with E-state index >= 15 is 0 Å². The standard InChI is InChI=1S/C13H21F3N2O/c1-10(19)17-7-4-12(5-8-17)18-6-2-3-11(9-18)13(14,15)16/h11-12H,2-9H2,1H3. The lowest BCUT2D eigenvalue weighted by Gasteiger charge is -2.42. The average molecular weight is 278 g/mol. The number of carbonyl (C=O) groups is 1. The van der Waals surface area contributed by atoms with E-state index in [9.17, 15) is 18.0 Å². The molecule has 2 aliphatic rings. The number of alkyl halides is 3. The van der Waals surface area contributed by atoms with Crippen molar-refractivity contribution < 1.29 is 18.0 Å². The zero-order valence-electron chi connectivity index (χ0n) is 11.2. The van der Waals surface area contributed by atoms with Crippen LogP contribution in [-0.2, 0) is 4.79 Å². The summed E-state index contributed by atoms with van der Waals surface area (Å²) in [5, 5.41) is 0. The number of carbonyl (C=O) groups excluding carboxylic acids is 1. The predicted octanol–water partition coefficient (Wildman–Crippen LogP) is 2.27. The highest BCUT2D eigenvalue weighted by Gasteiger charge is 2.43. The summed E-state index contributed by atoms with van der Waals surface area (Å²) in [7, 11) is 0. The lowest BCUT2D eigenvalue weighted by atomic mass is 9.93. The Hall–Kier alpha value is -0.780. The van der Waals surface area contributed by atoms with Gasteiger partial charge in [0.1, 0.15) is 0 Å². The fraction of sp³-hybridized carbons (Fsp3) is 0.923. The van der Waals surface area contributed by atoms with Crippen LogP contribution in [0, 0.1) is 5.92 Å². The molecule has 0 aromatic heterocycles. The number of amides is 1. The number of hydrogen-bond donors (Lipinski definition) is 0. The minimum Gasteiger partial charge on any atom is -0.343 e. The van der Waals surface area contributed by atoms with Crippen molar-refractivity contribution in [2.45, 2.75) is 44.8 Å². The quantitative estimate of drug-likeness (QED) is 0.734. The first kappa shape index (κ1) is 14.6. The van der Waals surface area contributed by atoms with Crippen LogP contribution >= 0.6 is 0 Å². The summed E-state index contributed by atoms with van der Waals surface area (Å²) in [6.07, 6.45) is -1.60. The Morgan fingerprint density at radius 3 is 2.26 bits per heavy atom. The van der Waals surface area contributed by atoms with Gasteiger partial charge in [0.25, 0.3) is 0 Å². The van der Waals surface area contributed by atoms with Crippen molar-refractivity contribution in [1.29, 1.82) is 0 Å². The zero-order valence-corrected chi connectivity index (χ0v) is 11.2. The van der Waals surface area contributed by atoms with E-state index in [1.807, 2.05) is 4.90 Å². The first-order valence-electron chi connectivity index (χ1n) is 6.94. The molecule has 2 fully saturated rings. The molecular weight excluding hydrogens is 257 g/mol. The van der Waals surface area contributed by atoms with Crippen molar-refractivity contribution in [1.82, 2.24) is 9.80 Å². The van der Waals surface area contributed by atoms with Crippen LogP contribution in [0.15, 0.2) is 0 Å². The zero-order chi connectivity index (χ0) is 14.0. The van der Waals surface area contributed by atoms with Crippen molar-refractivity contribution in [2.24, 2.45) is 5.92 Å². The summed E-state index contributed by atoms with van der Waals surface area (Å²) in [4.78, 5) is 15.0. The molecule has 0 aliphatic carbocycles. The van der Waals surface area contributed by atoms with E-state index in [-0.39, 0.29) is 24.9 Å². The second kappa shape index (κ2) is 5.69. The van der Waals surface area contributed by atoms with Crippen LogP contribution in [0.25, 0.3) is 0 Å². The van der Waals surface area contributed by atoms with Gasteiger partial charge in [0.2, 0.25) is 5.91 Å². The molecule has 1 amide bonds. The minimum atomic E-state index is -4.07. The molecule has 3 nitrogen and oxygen atoms in total. The number of halogens is 3. The van der Waals surface area contributed by atoms with Crippen molar-refractivity contribution in [3.8, 4) is 0 Å². The van der Waals surface area contributed by atoms with E-state index in [4.69, 9.17) is 0 Å². The Morgan fingerprint density at radius 1 is 1.11 bits per heavy atom. The lowest BCUT2D eigenvalue weighted by Crippen LogP contribution is -2.51. The molecular formula is C13H21F3N2O. The first-order valence-corrected chi connectivity index (χ1v) is 6.94. The van der Waals surface area contributed by atoms with E-state index in [0.717, 1.165) is 19.4 Å².